The van der Waals surface area contributed by atoms with E-state index in [2.05, 4.69) is 42.4 Å². The number of piperidine rings is 1. The molecule has 3 nitrogen and oxygen atoms in total. The summed E-state index contributed by atoms with van der Waals surface area (Å²) in [6.07, 6.45) is 5.72. The first-order valence-corrected chi connectivity index (χ1v) is 9.21. The highest BCUT2D eigenvalue weighted by atomic mass is 15.3. The van der Waals surface area contributed by atoms with Gasteiger partial charge in [0.1, 0.15) is 0 Å². The molecule has 0 radical (unpaired) electrons. The molecule has 0 bridgehead atoms. The van der Waals surface area contributed by atoms with Crippen LogP contribution in [-0.4, -0.2) is 72.1 Å². The quantitative estimate of drug-likeness (QED) is 0.792. The Hall–Kier alpha value is -0.120. The van der Waals surface area contributed by atoms with Crippen molar-refractivity contribution >= 4 is 0 Å². The molecule has 0 amide bonds. The smallest absolute Gasteiger partial charge is 0.0235 e. The molecule has 0 N–H and O–H groups in total. The van der Waals surface area contributed by atoms with E-state index in [4.69, 9.17) is 0 Å². The number of hydrogen-bond acceptors (Lipinski definition) is 3. The van der Waals surface area contributed by atoms with Gasteiger partial charge in [0.25, 0.3) is 0 Å². The standard InChI is InChI=1S/C18H35N3/c1-15(2)20-9-5-17(13-20)19-10-6-18(7-11-19)8-12-21(14-18)16(3)4/h15-17H,5-14H2,1-4H3. The Morgan fingerprint density at radius 2 is 1.43 bits per heavy atom. The molecule has 1 atom stereocenters. The van der Waals surface area contributed by atoms with Crippen molar-refractivity contribution in [1.29, 1.82) is 0 Å². The fourth-order valence-electron chi connectivity index (χ4n) is 4.72. The molecule has 3 heteroatoms. The molecule has 3 rings (SSSR count). The molecule has 3 fully saturated rings. The van der Waals surface area contributed by atoms with Crippen LogP contribution in [0.1, 0.15) is 53.4 Å². The molecular weight excluding hydrogens is 258 g/mol. The number of likely N-dealkylation sites (tertiary alicyclic amines) is 3. The Morgan fingerprint density at radius 3 is 1.95 bits per heavy atom. The summed E-state index contributed by atoms with van der Waals surface area (Å²) in [5.41, 5.74) is 0.664. The minimum atomic E-state index is 0.664. The van der Waals surface area contributed by atoms with Crippen LogP contribution in [-0.2, 0) is 0 Å². The Labute approximate surface area is 131 Å². The fraction of sp³-hybridized carbons (Fsp3) is 1.00. The lowest BCUT2D eigenvalue weighted by Crippen LogP contribution is -2.47. The average Bonchev–Trinajstić information content (AvgIpc) is 3.07. The Morgan fingerprint density at radius 1 is 0.810 bits per heavy atom. The minimum Gasteiger partial charge on any atom is -0.300 e. The highest BCUT2D eigenvalue weighted by molar-refractivity contribution is 4.97. The molecular formula is C18H35N3. The van der Waals surface area contributed by atoms with E-state index in [1.807, 2.05) is 0 Å². The lowest BCUT2D eigenvalue weighted by molar-refractivity contribution is 0.0740. The van der Waals surface area contributed by atoms with Crippen LogP contribution < -0.4 is 0 Å². The van der Waals surface area contributed by atoms with E-state index in [1.165, 1.54) is 65.0 Å². The van der Waals surface area contributed by atoms with Gasteiger partial charge in [0, 0.05) is 37.8 Å². The first kappa shape index (κ1) is 15.8. The molecule has 0 aromatic rings. The van der Waals surface area contributed by atoms with Crippen molar-refractivity contribution in [3.8, 4) is 0 Å². The van der Waals surface area contributed by atoms with Crippen molar-refractivity contribution in [2.24, 2.45) is 5.41 Å². The predicted octanol–water partition coefficient (Wildman–Crippen LogP) is 2.67. The Balaban J connectivity index is 1.50. The van der Waals surface area contributed by atoms with E-state index in [1.54, 1.807) is 0 Å². The van der Waals surface area contributed by atoms with Gasteiger partial charge >= 0.3 is 0 Å². The van der Waals surface area contributed by atoms with Crippen molar-refractivity contribution in [3.05, 3.63) is 0 Å². The lowest BCUT2D eigenvalue weighted by Gasteiger charge is -2.42. The maximum Gasteiger partial charge on any atom is 0.0235 e. The van der Waals surface area contributed by atoms with Gasteiger partial charge in [-0.05, 0) is 78.4 Å². The third-order valence-electron chi connectivity index (χ3n) is 6.50. The summed E-state index contributed by atoms with van der Waals surface area (Å²) in [7, 11) is 0. The van der Waals surface area contributed by atoms with Gasteiger partial charge in [-0.1, -0.05) is 0 Å². The summed E-state index contributed by atoms with van der Waals surface area (Å²) in [5.74, 6) is 0. The molecule has 0 saturated carbocycles. The van der Waals surface area contributed by atoms with Gasteiger partial charge in [-0.25, -0.2) is 0 Å². The summed E-state index contributed by atoms with van der Waals surface area (Å²) in [6, 6.07) is 2.30. The number of rotatable bonds is 3. The van der Waals surface area contributed by atoms with Crippen LogP contribution in [0.4, 0.5) is 0 Å². The van der Waals surface area contributed by atoms with Crippen LogP contribution in [0.15, 0.2) is 0 Å². The van der Waals surface area contributed by atoms with Crippen molar-refractivity contribution < 1.29 is 0 Å². The summed E-state index contributed by atoms with van der Waals surface area (Å²) < 4.78 is 0. The number of nitrogens with zero attached hydrogens (tertiary/aromatic N) is 3. The molecule has 3 aliphatic heterocycles. The largest absolute Gasteiger partial charge is 0.300 e. The third kappa shape index (κ3) is 3.30. The highest BCUT2D eigenvalue weighted by Gasteiger charge is 2.42. The Kier molecular flexibility index (Phi) is 4.63. The van der Waals surface area contributed by atoms with Crippen LogP contribution in [0.2, 0.25) is 0 Å². The molecule has 1 spiro atoms. The van der Waals surface area contributed by atoms with Gasteiger partial charge in [0.15, 0.2) is 0 Å². The molecule has 3 saturated heterocycles. The zero-order chi connectivity index (χ0) is 15.0. The second-order valence-corrected chi connectivity index (χ2v) is 8.38. The monoisotopic (exact) mass is 293 g/mol. The molecule has 122 valence electrons. The van der Waals surface area contributed by atoms with Crippen LogP contribution in [0, 0.1) is 5.41 Å². The topological polar surface area (TPSA) is 9.72 Å². The molecule has 3 aliphatic rings. The van der Waals surface area contributed by atoms with Gasteiger partial charge in [0.2, 0.25) is 0 Å². The second kappa shape index (κ2) is 6.17. The fourth-order valence-corrected chi connectivity index (χ4v) is 4.72. The van der Waals surface area contributed by atoms with E-state index < -0.39 is 0 Å². The second-order valence-electron chi connectivity index (χ2n) is 8.38. The summed E-state index contributed by atoms with van der Waals surface area (Å²) in [4.78, 5) is 8.17. The molecule has 0 aliphatic carbocycles. The molecule has 3 heterocycles. The lowest BCUT2D eigenvalue weighted by atomic mass is 9.77. The number of hydrogen-bond donors (Lipinski definition) is 0. The van der Waals surface area contributed by atoms with Crippen molar-refractivity contribution in [2.45, 2.75) is 71.5 Å². The third-order valence-corrected chi connectivity index (χ3v) is 6.50. The van der Waals surface area contributed by atoms with Gasteiger partial charge < -0.3 is 4.90 Å². The molecule has 1 unspecified atom stereocenters. The maximum atomic E-state index is 2.81. The van der Waals surface area contributed by atoms with Crippen LogP contribution in [0.5, 0.6) is 0 Å². The molecule has 0 aromatic heterocycles. The molecule has 21 heavy (non-hydrogen) atoms. The van der Waals surface area contributed by atoms with E-state index >= 15 is 0 Å². The van der Waals surface area contributed by atoms with Gasteiger partial charge in [-0.2, -0.15) is 0 Å². The molecule has 0 aromatic carbocycles. The van der Waals surface area contributed by atoms with Crippen LogP contribution in [0.25, 0.3) is 0 Å². The Bertz CT molecular complexity index is 344. The minimum absolute atomic E-state index is 0.664. The maximum absolute atomic E-state index is 2.81. The summed E-state index contributed by atoms with van der Waals surface area (Å²) >= 11 is 0. The van der Waals surface area contributed by atoms with Gasteiger partial charge in [-0.3, -0.25) is 9.80 Å². The zero-order valence-corrected chi connectivity index (χ0v) is 14.6. The van der Waals surface area contributed by atoms with Crippen molar-refractivity contribution in [1.82, 2.24) is 14.7 Å². The first-order chi connectivity index (χ1) is 9.99. The average molecular weight is 293 g/mol. The van der Waals surface area contributed by atoms with Gasteiger partial charge in [0.05, 0.1) is 0 Å². The van der Waals surface area contributed by atoms with E-state index in [0.29, 0.717) is 5.41 Å². The summed E-state index contributed by atoms with van der Waals surface area (Å²) in [5, 5.41) is 0. The van der Waals surface area contributed by atoms with Crippen molar-refractivity contribution in [2.75, 3.05) is 39.3 Å². The van der Waals surface area contributed by atoms with E-state index in [-0.39, 0.29) is 0 Å². The van der Waals surface area contributed by atoms with Gasteiger partial charge in [-0.15, -0.1) is 0 Å². The van der Waals surface area contributed by atoms with Crippen LogP contribution in [0.3, 0.4) is 0 Å². The van der Waals surface area contributed by atoms with E-state index in [0.717, 1.165) is 18.1 Å². The first-order valence-electron chi connectivity index (χ1n) is 9.21. The van der Waals surface area contributed by atoms with E-state index in [9.17, 15) is 0 Å². The normalized spacial score (nSPS) is 32.0. The zero-order valence-electron chi connectivity index (χ0n) is 14.6. The SMILES string of the molecule is CC(C)N1CCC(N2CCC3(CCN(C(C)C)C3)CC2)C1. The van der Waals surface area contributed by atoms with Crippen molar-refractivity contribution in [3.63, 3.8) is 0 Å². The predicted molar refractivity (Wildman–Crippen MR) is 89.7 cm³/mol. The highest BCUT2D eigenvalue weighted by Crippen LogP contribution is 2.41. The summed E-state index contributed by atoms with van der Waals surface area (Å²) in [6.45, 7) is 17.4. The van der Waals surface area contributed by atoms with Crippen LogP contribution >= 0.6 is 0 Å².